The second-order valence-corrected chi connectivity index (χ2v) is 7.71. The Kier molecular flexibility index (Phi) is 5.70. The molecule has 2 aromatic rings. The molecule has 1 saturated heterocycles. The fourth-order valence-corrected chi connectivity index (χ4v) is 3.85. The largest absolute Gasteiger partial charge is 0.496 e. The molecule has 0 unspecified atom stereocenters. The SMILES string of the molecule is COc1ccc(Br)cc1/C=C1/SC(=O)N(Cc2ccc(F)cc2Cl)C1=O. The predicted molar refractivity (Wildman–Crippen MR) is 104 cm³/mol. The van der Waals surface area contributed by atoms with Gasteiger partial charge in [-0.1, -0.05) is 33.6 Å². The maximum absolute atomic E-state index is 13.2. The molecule has 8 heteroatoms. The number of benzene rings is 2. The topological polar surface area (TPSA) is 46.6 Å². The molecule has 0 atom stereocenters. The minimum atomic E-state index is -0.477. The van der Waals surface area contributed by atoms with Crippen LogP contribution in [0.2, 0.25) is 5.02 Å². The molecule has 2 amide bonds. The van der Waals surface area contributed by atoms with Crippen molar-refractivity contribution >= 4 is 56.5 Å². The van der Waals surface area contributed by atoms with E-state index in [9.17, 15) is 14.0 Å². The van der Waals surface area contributed by atoms with E-state index < -0.39 is 17.0 Å². The van der Waals surface area contributed by atoms with Gasteiger partial charge in [0.2, 0.25) is 0 Å². The van der Waals surface area contributed by atoms with Gasteiger partial charge >= 0.3 is 0 Å². The van der Waals surface area contributed by atoms with E-state index in [0.717, 1.165) is 27.2 Å². The first-order valence-corrected chi connectivity index (χ1v) is 9.40. The lowest BCUT2D eigenvalue weighted by molar-refractivity contribution is -0.123. The first kappa shape index (κ1) is 18.9. The number of halogens is 3. The Morgan fingerprint density at radius 3 is 2.73 bits per heavy atom. The van der Waals surface area contributed by atoms with Crippen LogP contribution in [0.15, 0.2) is 45.8 Å². The van der Waals surface area contributed by atoms with Crippen LogP contribution in [0.4, 0.5) is 9.18 Å². The maximum atomic E-state index is 13.2. The van der Waals surface area contributed by atoms with Crippen LogP contribution < -0.4 is 4.74 Å². The van der Waals surface area contributed by atoms with Crippen LogP contribution in [-0.2, 0) is 11.3 Å². The summed E-state index contributed by atoms with van der Waals surface area (Å²) in [6.45, 7) is -0.0171. The van der Waals surface area contributed by atoms with Crippen LogP contribution >= 0.6 is 39.3 Å². The third-order valence-corrected chi connectivity index (χ3v) is 5.45. The van der Waals surface area contributed by atoms with Crippen LogP contribution in [0.3, 0.4) is 0 Å². The normalized spacial score (nSPS) is 15.8. The van der Waals surface area contributed by atoms with Crippen LogP contribution in [0.1, 0.15) is 11.1 Å². The van der Waals surface area contributed by atoms with Crippen molar-refractivity contribution in [3.8, 4) is 5.75 Å². The number of carbonyl (C=O) groups is 2. The van der Waals surface area contributed by atoms with E-state index in [4.69, 9.17) is 16.3 Å². The van der Waals surface area contributed by atoms with Gasteiger partial charge in [-0.25, -0.2) is 4.39 Å². The van der Waals surface area contributed by atoms with Crippen LogP contribution in [0, 0.1) is 5.82 Å². The maximum Gasteiger partial charge on any atom is 0.293 e. The van der Waals surface area contributed by atoms with Crippen molar-refractivity contribution in [2.24, 2.45) is 0 Å². The van der Waals surface area contributed by atoms with Gasteiger partial charge in [0.1, 0.15) is 11.6 Å². The van der Waals surface area contributed by atoms with E-state index in [2.05, 4.69) is 15.9 Å². The monoisotopic (exact) mass is 455 g/mol. The lowest BCUT2D eigenvalue weighted by atomic mass is 10.1. The molecule has 0 spiro atoms. The van der Waals surface area contributed by atoms with E-state index in [-0.39, 0.29) is 16.5 Å². The smallest absolute Gasteiger partial charge is 0.293 e. The van der Waals surface area contributed by atoms with Crippen LogP contribution in [-0.4, -0.2) is 23.2 Å². The first-order valence-electron chi connectivity index (χ1n) is 7.42. The second-order valence-electron chi connectivity index (χ2n) is 5.39. The predicted octanol–water partition coefficient (Wildman–Crippen LogP) is 5.49. The minimum absolute atomic E-state index is 0.0171. The summed E-state index contributed by atoms with van der Waals surface area (Å²) >= 11 is 10.2. The van der Waals surface area contributed by atoms with Crippen molar-refractivity contribution in [1.29, 1.82) is 0 Å². The summed E-state index contributed by atoms with van der Waals surface area (Å²) in [6.07, 6.45) is 1.61. The van der Waals surface area contributed by atoms with Gasteiger partial charge in [-0.3, -0.25) is 14.5 Å². The summed E-state index contributed by atoms with van der Waals surface area (Å²) in [6, 6.07) is 9.23. The average molecular weight is 457 g/mol. The molecule has 0 aromatic heterocycles. The fraction of sp³-hybridized carbons (Fsp3) is 0.111. The minimum Gasteiger partial charge on any atom is -0.496 e. The highest BCUT2D eigenvalue weighted by molar-refractivity contribution is 9.10. The quantitative estimate of drug-likeness (QED) is 0.571. The molecule has 3 rings (SSSR count). The van der Waals surface area contributed by atoms with Gasteiger partial charge in [0, 0.05) is 15.1 Å². The molecule has 1 aliphatic heterocycles. The molecule has 1 heterocycles. The molecule has 0 aliphatic carbocycles. The Bertz CT molecular complexity index is 935. The molecule has 1 fully saturated rings. The van der Waals surface area contributed by atoms with E-state index in [1.54, 1.807) is 18.2 Å². The number of ether oxygens (including phenoxy) is 1. The molecule has 0 bridgehead atoms. The highest BCUT2D eigenvalue weighted by atomic mass is 79.9. The number of imide groups is 1. The molecule has 0 radical (unpaired) electrons. The number of hydrogen-bond donors (Lipinski definition) is 0. The van der Waals surface area contributed by atoms with Crippen LogP contribution in [0.5, 0.6) is 5.75 Å². The molecule has 1 aliphatic rings. The average Bonchev–Trinajstić information content (AvgIpc) is 2.85. The highest BCUT2D eigenvalue weighted by Gasteiger charge is 2.35. The molecule has 26 heavy (non-hydrogen) atoms. The second kappa shape index (κ2) is 7.82. The van der Waals surface area contributed by atoms with Crippen molar-refractivity contribution in [1.82, 2.24) is 4.90 Å². The lowest BCUT2D eigenvalue weighted by Crippen LogP contribution is -2.27. The summed E-state index contributed by atoms with van der Waals surface area (Å²) in [4.78, 5) is 26.3. The van der Waals surface area contributed by atoms with E-state index in [1.807, 2.05) is 6.07 Å². The standard InChI is InChI=1S/C18H12BrClFNO3S/c1-25-15-5-3-12(19)6-11(15)7-16-17(23)22(18(24)26-16)9-10-2-4-13(21)8-14(10)20/h2-8H,9H2,1H3/b16-7+. The Morgan fingerprint density at radius 1 is 1.27 bits per heavy atom. The number of methoxy groups -OCH3 is 1. The van der Waals surface area contributed by atoms with E-state index in [1.165, 1.54) is 19.2 Å². The number of rotatable bonds is 4. The van der Waals surface area contributed by atoms with Crippen molar-refractivity contribution in [3.63, 3.8) is 0 Å². The Hall–Kier alpha value is -1.83. The van der Waals surface area contributed by atoms with Crippen molar-refractivity contribution in [3.05, 3.63) is 67.7 Å². The van der Waals surface area contributed by atoms with Gasteiger partial charge < -0.3 is 4.74 Å². The molecule has 0 N–H and O–H groups in total. The van der Waals surface area contributed by atoms with Gasteiger partial charge in [0.05, 0.1) is 18.6 Å². The van der Waals surface area contributed by atoms with Gasteiger partial charge in [-0.2, -0.15) is 0 Å². The molecular formula is C18H12BrClFNO3S. The number of thioether (sulfide) groups is 1. The number of carbonyl (C=O) groups excluding carboxylic acids is 2. The Labute approximate surface area is 167 Å². The summed E-state index contributed by atoms with van der Waals surface area (Å²) in [5.41, 5.74) is 1.17. The third-order valence-electron chi connectivity index (χ3n) is 3.70. The zero-order valence-corrected chi connectivity index (χ0v) is 16.6. The van der Waals surface area contributed by atoms with Crippen molar-refractivity contribution < 1.29 is 18.7 Å². The first-order chi connectivity index (χ1) is 12.4. The summed E-state index contributed by atoms with van der Waals surface area (Å²) in [7, 11) is 1.53. The lowest BCUT2D eigenvalue weighted by Gasteiger charge is -2.13. The van der Waals surface area contributed by atoms with Crippen molar-refractivity contribution in [2.75, 3.05) is 7.11 Å². The molecule has 134 valence electrons. The number of hydrogen-bond acceptors (Lipinski definition) is 4. The number of amides is 2. The van der Waals surface area contributed by atoms with Gasteiger partial charge in [0.15, 0.2) is 0 Å². The molecular weight excluding hydrogens is 445 g/mol. The Balaban J connectivity index is 1.88. The van der Waals surface area contributed by atoms with E-state index >= 15 is 0 Å². The van der Waals surface area contributed by atoms with Gasteiger partial charge in [0.25, 0.3) is 11.1 Å². The van der Waals surface area contributed by atoms with E-state index in [0.29, 0.717) is 16.9 Å². The summed E-state index contributed by atoms with van der Waals surface area (Å²) < 4.78 is 19.3. The number of nitrogens with zero attached hydrogens (tertiary/aromatic N) is 1. The molecule has 2 aromatic carbocycles. The summed E-state index contributed by atoms with van der Waals surface area (Å²) in [5.74, 6) is -0.321. The van der Waals surface area contributed by atoms with Gasteiger partial charge in [-0.05, 0) is 53.7 Å². The fourth-order valence-electron chi connectivity index (χ4n) is 2.42. The summed E-state index contributed by atoms with van der Waals surface area (Å²) in [5, 5.41) is -0.239. The molecule has 0 saturated carbocycles. The highest BCUT2D eigenvalue weighted by Crippen LogP contribution is 2.36. The Morgan fingerprint density at radius 2 is 2.04 bits per heavy atom. The zero-order valence-electron chi connectivity index (χ0n) is 13.5. The zero-order chi connectivity index (χ0) is 18.8. The van der Waals surface area contributed by atoms with Gasteiger partial charge in [-0.15, -0.1) is 0 Å². The third kappa shape index (κ3) is 3.95. The van der Waals surface area contributed by atoms with Crippen LogP contribution in [0.25, 0.3) is 6.08 Å². The van der Waals surface area contributed by atoms with Crippen molar-refractivity contribution in [2.45, 2.75) is 6.54 Å². The molecule has 4 nitrogen and oxygen atoms in total.